The third-order valence-electron chi connectivity index (χ3n) is 2.80. The van der Waals surface area contributed by atoms with E-state index >= 15 is 0 Å². The Bertz CT molecular complexity index is 381. The average Bonchev–Trinajstić information content (AvgIpc) is 2.32. The molecule has 2 aliphatic heterocycles. The highest BCUT2D eigenvalue weighted by molar-refractivity contribution is 5.45. The van der Waals surface area contributed by atoms with Gasteiger partial charge in [0, 0.05) is 18.7 Å². The van der Waals surface area contributed by atoms with E-state index in [4.69, 9.17) is 10.6 Å². The summed E-state index contributed by atoms with van der Waals surface area (Å²) < 4.78 is 5.19. The van der Waals surface area contributed by atoms with Gasteiger partial charge < -0.3 is 15.5 Å². The molecule has 0 radical (unpaired) electrons. The molecule has 2 heterocycles. The molecule has 0 saturated carbocycles. The van der Waals surface area contributed by atoms with Crippen LogP contribution in [0, 0.1) is 0 Å². The number of likely N-dealkylation sites (N-methyl/N-ethyl adjacent to an activating group) is 1. The van der Waals surface area contributed by atoms with Gasteiger partial charge in [-0.1, -0.05) is 11.3 Å². The van der Waals surface area contributed by atoms with E-state index in [1.54, 1.807) is 6.26 Å². The zero-order valence-electron chi connectivity index (χ0n) is 9.39. The van der Waals surface area contributed by atoms with E-state index in [0.29, 0.717) is 6.61 Å². The summed E-state index contributed by atoms with van der Waals surface area (Å²) in [4.78, 5) is 2.28. The van der Waals surface area contributed by atoms with E-state index in [-0.39, 0.29) is 0 Å². The summed E-state index contributed by atoms with van der Waals surface area (Å²) in [7, 11) is 2.11. The van der Waals surface area contributed by atoms with E-state index in [2.05, 4.69) is 28.4 Å². The van der Waals surface area contributed by atoms with Gasteiger partial charge in [0.2, 0.25) is 0 Å². The van der Waals surface area contributed by atoms with E-state index in [1.807, 2.05) is 6.08 Å². The molecule has 0 spiro atoms. The summed E-state index contributed by atoms with van der Waals surface area (Å²) in [6, 6.07) is 0. The molecule has 2 rings (SSSR count). The molecule has 0 saturated heterocycles. The topological polar surface area (TPSA) is 63.2 Å². The van der Waals surface area contributed by atoms with Gasteiger partial charge in [-0.15, -0.1) is 5.11 Å². The Morgan fingerprint density at radius 3 is 3.06 bits per heavy atom. The molecule has 5 heteroatoms. The summed E-state index contributed by atoms with van der Waals surface area (Å²) >= 11 is 0. The SMILES string of the molecule is CN1CC=C(C2=C(N=NN)COC=C2)CC1. The predicted molar refractivity (Wildman–Crippen MR) is 61.4 cm³/mol. The number of allylic oxidation sites excluding steroid dienone is 2. The molecule has 0 bridgehead atoms. The molecule has 0 aromatic carbocycles. The third kappa shape index (κ3) is 2.30. The number of ether oxygens (including phenoxy) is 1. The van der Waals surface area contributed by atoms with Gasteiger partial charge in [0.05, 0.1) is 6.26 Å². The van der Waals surface area contributed by atoms with Crippen molar-refractivity contribution in [2.75, 3.05) is 26.7 Å². The maximum absolute atomic E-state index is 5.19. The van der Waals surface area contributed by atoms with Crippen LogP contribution in [-0.2, 0) is 4.74 Å². The van der Waals surface area contributed by atoms with Crippen LogP contribution in [-0.4, -0.2) is 31.6 Å². The molecule has 0 amide bonds. The lowest BCUT2D eigenvalue weighted by atomic mass is 9.97. The molecular weight excluding hydrogens is 204 g/mol. The minimum atomic E-state index is 0.444. The van der Waals surface area contributed by atoms with Crippen LogP contribution in [0.4, 0.5) is 0 Å². The van der Waals surface area contributed by atoms with Crippen LogP contribution in [0.15, 0.2) is 45.6 Å². The Morgan fingerprint density at radius 2 is 2.38 bits per heavy atom. The largest absolute Gasteiger partial charge is 0.495 e. The fourth-order valence-electron chi connectivity index (χ4n) is 1.88. The highest BCUT2D eigenvalue weighted by Gasteiger charge is 2.16. The quantitative estimate of drug-likeness (QED) is 0.434. The summed E-state index contributed by atoms with van der Waals surface area (Å²) in [5.74, 6) is 5.09. The lowest BCUT2D eigenvalue weighted by Gasteiger charge is -2.24. The van der Waals surface area contributed by atoms with Crippen molar-refractivity contribution >= 4 is 0 Å². The van der Waals surface area contributed by atoms with Crippen molar-refractivity contribution < 1.29 is 4.74 Å². The van der Waals surface area contributed by atoms with Gasteiger partial charge in [-0.2, -0.15) is 0 Å². The second-order valence-electron chi connectivity index (χ2n) is 3.93. The fraction of sp³-hybridized carbons (Fsp3) is 0.455. The van der Waals surface area contributed by atoms with Gasteiger partial charge >= 0.3 is 0 Å². The molecule has 0 unspecified atom stereocenters. The maximum Gasteiger partial charge on any atom is 0.132 e. The first-order chi connectivity index (χ1) is 7.81. The average molecular weight is 220 g/mol. The van der Waals surface area contributed by atoms with Crippen molar-refractivity contribution in [1.29, 1.82) is 0 Å². The Labute approximate surface area is 94.9 Å². The Balaban J connectivity index is 2.26. The first-order valence-electron chi connectivity index (χ1n) is 5.31. The van der Waals surface area contributed by atoms with Crippen LogP contribution < -0.4 is 5.84 Å². The first kappa shape index (κ1) is 10.9. The van der Waals surface area contributed by atoms with E-state index in [0.717, 1.165) is 30.8 Å². The Morgan fingerprint density at radius 1 is 1.50 bits per heavy atom. The highest BCUT2D eigenvalue weighted by atomic mass is 16.5. The summed E-state index contributed by atoms with van der Waals surface area (Å²) in [6.07, 6.45) is 6.88. The molecule has 5 nitrogen and oxygen atoms in total. The molecular formula is C11H16N4O. The van der Waals surface area contributed by atoms with Gasteiger partial charge in [-0.25, -0.2) is 0 Å². The zero-order chi connectivity index (χ0) is 11.4. The smallest absolute Gasteiger partial charge is 0.132 e. The molecule has 86 valence electrons. The van der Waals surface area contributed by atoms with Crippen molar-refractivity contribution in [2.45, 2.75) is 6.42 Å². The highest BCUT2D eigenvalue weighted by Crippen LogP contribution is 2.26. The van der Waals surface area contributed by atoms with Crippen molar-refractivity contribution in [3.05, 3.63) is 35.3 Å². The Hall–Kier alpha value is -1.62. The van der Waals surface area contributed by atoms with Gasteiger partial charge in [-0.3, -0.25) is 0 Å². The van der Waals surface area contributed by atoms with Crippen LogP contribution >= 0.6 is 0 Å². The van der Waals surface area contributed by atoms with Crippen molar-refractivity contribution in [2.24, 2.45) is 16.2 Å². The molecule has 0 aromatic heterocycles. The number of nitrogens with two attached hydrogens (primary N) is 1. The Kier molecular flexibility index (Phi) is 3.36. The standard InChI is InChI=1S/C11H16N4O/c1-15-5-2-9(3-6-15)10-4-7-16-8-11(10)13-14-12/h2,4,7H,3,5-6,8H2,1H3,(H2,12,13). The van der Waals surface area contributed by atoms with E-state index in [9.17, 15) is 0 Å². The first-order valence-corrected chi connectivity index (χ1v) is 5.31. The van der Waals surface area contributed by atoms with Crippen molar-refractivity contribution in [3.63, 3.8) is 0 Å². The molecule has 2 N–H and O–H groups in total. The van der Waals surface area contributed by atoms with Crippen molar-refractivity contribution in [3.8, 4) is 0 Å². The van der Waals surface area contributed by atoms with Gasteiger partial charge in [0.15, 0.2) is 0 Å². The summed E-state index contributed by atoms with van der Waals surface area (Å²) in [6.45, 7) is 2.48. The van der Waals surface area contributed by atoms with Crippen LogP contribution in [0.25, 0.3) is 0 Å². The molecule has 2 aliphatic rings. The fourth-order valence-corrected chi connectivity index (χ4v) is 1.88. The van der Waals surface area contributed by atoms with Crippen molar-refractivity contribution in [1.82, 2.24) is 4.90 Å². The van der Waals surface area contributed by atoms with Gasteiger partial charge in [0.1, 0.15) is 12.3 Å². The van der Waals surface area contributed by atoms with E-state index in [1.165, 1.54) is 5.57 Å². The monoisotopic (exact) mass is 220 g/mol. The van der Waals surface area contributed by atoms with E-state index < -0.39 is 0 Å². The lowest BCUT2D eigenvalue weighted by molar-refractivity contribution is 0.271. The maximum atomic E-state index is 5.19. The van der Waals surface area contributed by atoms with Crippen LogP contribution in [0.1, 0.15) is 6.42 Å². The molecule has 0 aromatic rings. The second kappa shape index (κ2) is 4.94. The lowest BCUT2D eigenvalue weighted by Crippen LogP contribution is -2.24. The van der Waals surface area contributed by atoms with Crippen LogP contribution in [0.2, 0.25) is 0 Å². The van der Waals surface area contributed by atoms with Crippen LogP contribution in [0.5, 0.6) is 0 Å². The van der Waals surface area contributed by atoms with Crippen LogP contribution in [0.3, 0.4) is 0 Å². The third-order valence-corrected chi connectivity index (χ3v) is 2.80. The molecule has 0 fully saturated rings. The number of nitrogens with zero attached hydrogens (tertiary/aromatic N) is 3. The molecule has 0 aliphatic carbocycles. The van der Waals surface area contributed by atoms with Gasteiger partial charge in [-0.05, 0) is 25.1 Å². The minimum Gasteiger partial charge on any atom is -0.495 e. The van der Waals surface area contributed by atoms with Gasteiger partial charge in [0.25, 0.3) is 0 Å². The zero-order valence-corrected chi connectivity index (χ0v) is 9.39. The minimum absolute atomic E-state index is 0.444. The number of hydrogen-bond donors (Lipinski definition) is 1. The normalized spacial score (nSPS) is 22.4. The predicted octanol–water partition coefficient (Wildman–Crippen LogP) is 1.37. The number of rotatable bonds is 2. The molecule has 0 atom stereocenters. The number of hydrogen-bond acceptors (Lipinski definition) is 4. The summed E-state index contributed by atoms with van der Waals surface area (Å²) in [5, 5.41) is 7.25. The molecule has 16 heavy (non-hydrogen) atoms. The second-order valence-corrected chi connectivity index (χ2v) is 3.93. The summed E-state index contributed by atoms with van der Waals surface area (Å²) in [5.41, 5.74) is 3.22.